The Kier molecular flexibility index (Phi) is 5.72. The van der Waals surface area contributed by atoms with Crippen molar-refractivity contribution in [2.24, 2.45) is 0 Å². The average Bonchev–Trinajstić information content (AvgIpc) is 3.30. The first kappa shape index (κ1) is 18.3. The number of nitrogens with one attached hydrogen (secondary N) is 3. The van der Waals surface area contributed by atoms with Gasteiger partial charge in [0.05, 0.1) is 0 Å². The summed E-state index contributed by atoms with van der Waals surface area (Å²) in [6.45, 7) is 1.80. The number of hydrogen-bond acceptors (Lipinski definition) is 5. The summed E-state index contributed by atoms with van der Waals surface area (Å²) in [7, 11) is 0. The third kappa shape index (κ3) is 4.43. The minimum Gasteiger partial charge on any atom is -0.352 e. The second kappa shape index (κ2) is 8.75. The topological polar surface area (TPSA) is 95.6 Å². The van der Waals surface area contributed by atoms with Crippen LogP contribution in [0.3, 0.4) is 0 Å². The number of amides is 1. The summed E-state index contributed by atoms with van der Waals surface area (Å²) in [5.74, 6) is 0.553. The number of carbonyl (C=O) groups excluding carboxylic acids is 1. The number of tetrazole rings is 1. The standard InChI is InChI=1S/C21H24N6O/c28-21(23-14-12-19-3-1-2-13-22-19)18-10-6-16(7-11-18)15-4-8-17(9-5-15)20-24-26-27-25-20/h4-11,19,22H,1-3,12-14H2,(H,23,28)(H,24,25,26,27)/t19-/m1/s1. The maximum Gasteiger partial charge on any atom is 0.251 e. The Morgan fingerprint density at radius 2 is 1.71 bits per heavy atom. The summed E-state index contributed by atoms with van der Waals surface area (Å²) >= 11 is 0. The van der Waals surface area contributed by atoms with Crippen molar-refractivity contribution < 1.29 is 4.79 Å². The molecule has 1 aliphatic rings. The molecule has 0 unspecified atom stereocenters. The molecular formula is C21H24N6O. The summed E-state index contributed by atoms with van der Waals surface area (Å²) in [4.78, 5) is 12.4. The first-order valence-corrected chi connectivity index (χ1v) is 9.75. The molecule has 1 amide bonds. The zero-order chi connectivity index (χ0) is 19.2. The first-order valence-electron chi connectivity index (χ1n) is 9.75. The Bertz CT molecular complexity index is 884. The van der Waals surface area contributed by atoms with Gasteiger partial charge in [0.1, 0.15) is 0 Å². The van der Waals surface area contributed by atoms with E-state index in [1.165, 1.54) is 19.3 Å². The van der Waals surface area contributed by atoms with Gasteiger partial charge in [-0.15, -0.1) is 10.2 Å². The van der Waals surface area contributed by atoms with Crippen LogP contribution in [-0.2, 0) is 0 Å². The third-order valence-corrected chi connectivity index (χ3v) is 5.16. The van der Waals surface area contributed by atoms with Crippen molar-refractivity contribution in [3.05, 3.63) is 54.1 Å². The molecule has 0 saturated carbocycles. The van der Waals surface area contributed by atoms with E-state index in [0.29, 0.717) is 24.0 Å². The van der Waals surface area contributed by atoms with E-state index in [4.69, 9.17) is 0 Å². The van der Waals surface area contributed by atoms with Crippen LogP contribution in [0.25, 0.3) is 22.5 Å². The van der Waals surface area contributed by atoms with E-state index in [-0.39, 0.29) is 5.91 Å². The van der Waals surface area contributed by atoms with Gasteiger partial charge in [-0.25, -0.2) is 0 Å². The number of hydrogen-bond donors (Lipinski definition) is 3. The molecule has 28 heavy (non-hydrogen) atoms. The van der Waals surface area contributed by atoms with E-state index in [9.17, 15) is 4.79 Å². The molecule has 1 saturated heterocycles. The van der Waals surface area contributed by atoms with Crippen molar-refractivity contribution in [2.45, 2.75) is 31.7 Å². The Morgan fingerprint density at radius 3 is 2.36 bits per heavy atom. The van der Waals surface area contributed by atoms with Crippen LogP contribution in [0.4, 0.5) is 0 Å². The van der Waals surface area contributed by atoms with Crippen molar-refractivity contribution in [1.29, 1.82) is 0 Å². The number of nitrogens with zero attached hydrogens (tertiary/aromatic N) is 3. The first-order chi connectivity index (χ1) is 13.8. The lowest BCUT2D eigenvalue weighted by molar-refractivity contribution is 0.0951. The van der Waals surface area contributed by atoms with Crippen molar-refractivity contribution >= 4 is 5.91 Å². The Morgan fingerprint density at radius 1 is 1.00 bits per heavy atom. The number of H-pyrrole nitrogens is 1. The predicted octanol–water partition coefficient (Wildman–Crippen LogP) is 2.80. The van der Waals surface area contributed by atoms with Crippen LogP contribution in [0.1, 0.15) is 36.0 Å². The molecule has 3 N–H and O–H groups in total. The molecule has 2 heterocycles. The summed E-state index contributed by atoms with van der Waals surface area (Å²) in [5.41, 5.74) is 3.72. The highest BCUT2D eigenvalue weighted by Crippen LogP contribution is 2.23. The highest BCUT2D eigenvalue weighted by atomic mass is 16.1. The van der Waals surface area contributed by atoms with Crippen LogP contribution in [-0.4, -0.2) is 45.7 Å². The molecule has 1 aliphatic heterocycles. The van der Waals surface area contributed by atoms with Crippen LogP contribution in [0.2, 0.25) is 0 Å². The molecule has 0 aliphatic carbocycles. The second-order valence-electron chi connectivity index (χ2n) is 7.08. The maximum atomic E-state index is 12.4. The molecule has 2 aromatic carbocycles. The SMILES string of the molecule is O=C(NCC[C@H]1CCCCN1)c1ccc(-c2ccc(-c3nn[nH]n3)cc2)cc1. The van der Waals surface area contributed by atoms with E-state index in [1.54, 1.807) is 0 Å². The predicted molar refractivity (Wildman–Crippen MR) is 108 cm³/mol. The van der Waals surface area contributed by atoms with Crippen LogP contribution >= 0.6 is 0 Å². The smallest absolute Gasteiger partial charge is 0.251 e. The van der Waals surface area contributed by atoms with Gasteiger partial charge in [0, 0.05) is 23.7 Å². The van der Waals surface area contributed by atoms with Gasteiger partial charge in [0.2, 0.25) is 5.82 Å². The van der Waals surface area contributed by atoms with E-state index in [1.807, 2.05) is 48.5 Å². The highest BCUT2D eigenvalue weighted by Gasteiger charge is 2.13. The molecule has 1 fully saturated rings. The van der Waals surface area contributed by atoms with Gasteiger partial charge in [0.25, 0.3) is 5.91 Å². The fourth-order valence-electron chi connectivity index (χ4n) is 3.54. The third-order valence-electron chi connectivity index (χ3n) is 5.16. The summed E-state index contributed by atoms with van der Waals surface area (Å²) in [6.07, 6.45) is 4.73. The largest absolute Gasteiger partial charge is 0.352 e. The van der Waals surface area contributed by atoms with E-state index in [2.05, 4.69) is 31.3 Å². The molecule has 144 valence electrons. The normalized spacial score (nSPS) is 16.6. The summed E-state index contributed by atoms with van der Waals surface area (Å²) in [5, 5.41) is 20.5. The van der Waals surface area contributed by atoms with Gasteiger partial charge in [-0.05, 0) is 54.3 Å². The lowest BCUT2D eigenvalue weighted by Gasteiger charge is -2.23. The number of aromatic nitrogens is 4. The molecule has 3 aromatic rings. The molecule has 7 nitrogen and oxygen atoms in total. The second-order valence-corrected chi connectivity index (χ2v) is 7.08. The van der Waals surface area contributed by atoms with Gasteiger partial charge in [-0.3, -0.25) is 4.79 Å². The van der Waals surface area contributed by atoms with Crippen LogP contribution in [0.5, 0.6) is 0 Å². The molecule has 4 rings (SSSR count). The zero-order valence-corrected chi connectivity index (χ0v) is 15.7. The molecule has 0 bridgehead atoms. The maximum absolute atomic E-state index is 12.4. The van der Waals surface area contributed by atoms with Crippen molar-refractivity contribution in [3.8, 4) is 22.5 Å². The fraction of sp³-hybridized carbons (Fsp3) is 0.333. The number of piperidine rings is 1. The fourth-order valence-corrected chi connectivity index (χ4v) is 3.54. The van der Waals surface area contributed by atoms with Gasteiger partial charge in [0.15, 0.2) is 0 Å². The van der Waals surface area contributed by atoms with Gasteiger partial charge in [-0.2, -0.15) is 5.21 Å². The quantitative estimate of drug-likeness (QED) is 0.615. The molecule has 0 radical (unpaired) electrons. The molecule has 1 atom stereocenters. The summed E-state index contributed by atoms with van der Waals surface area (Å²) < 4.78 is 0. The molecule has 0 spiro atoms. The van der Waals surface area contributed by atoms with Crippen LogP contribution < -0.4 is 10.6 Å². The summed E-state index contributed by atoms with van der Waals surface area (Å²) in [6, 6.07) is 16.2. The van der Waals surface area contributed by atoms with Gasteiger partial charge in [-0.1, -0.05) is 42.8 Å². The van der Waals surface area contributed by atoms with E-state index >= 15 is 0 Å². The van der Waals surface area contributed by atoms with Crippen molar-refractivity contribution in [1.82, 2.24) is 31.3 Å². The van der Waals surface area contributed by atoms with Crippen molar-refractivity contribution in [3.63, 3.8) is 0 Å². The number of benzene rings is 2. The zero-order valence-electron chi connectivity index (χ0n) is 15.7. The highest BCUT2D eigenvalue weighted by molar-refractivity contribution is 5.94. The van der Waals surface area contributed by atoms with E-state index < -0.39 is 0 Å². The average molecular weight is 376 g/mol. The number of carbonyl (C=O) groups is 1. The van der Waals surface area contributed by atoms with E-state index in [0.717, 1.165) is 29.7 Å². The Labute approximate surface area is 163 Å². The monoisotopic (exact) mass is 376 g/mol. The Hall–Kier alpha value is -3.06. The molecule has 7 heteroatoms. The van der Waals surface area contributed by atoms with Crippen LogP contribution in [0.15, 0.2) is 48.5 Å². The molecule has 1 aromatic heterocycles. The molecular weight excluding hydrogens is 352 g/mol. The Balaban J connectivity index is 1.33. The minimum atomic E-state index is -0.0187. The minimum absolute atomic E-state index is 0.0187. The number of rotatable bonds is 6. The lowest BCUT2D eigenvalue weighted by Crippen LogP contribution is -2.37. The van der Waals surface area contributed by atoms with Crippen molar-refractivity contribution in [2.75, 3.05) is 13.1 Å². The van der Waals surface area contributed by atoms with Gasteiger partial charge < -0.3 is 10.6 Å². The van der Waals surface area contributed by atoms with Gasteiger partial charge >= 0.3 is 0 Å². The van der Waals surface area contributed by atoms with Crippen LogP contribution in [0, 0.1) is 0 Å². The number of aromatic amines is 1. The lowest BCUT2D eigenvalue weighted by atomic mass is 10.0.